The summed E-state index contributed by atoms with van der Waals surface area (Å²) in [5.41, 5.74) is 0.735. The van der Waals surface area contributed by atoms with E-state index in [0.29, 0.717) is 37.1 Å². The van der Waals surface area contributed by atoms with Crippen LogP contribution in [0, 0.1) is 5.92 Å². The number of hydrogen-bond donors (Lipinski definition) is 0. The maximum absolute atomic E-state index is 12.7. The Hall–Kier alpha value is -1.15. The number of hydrogen-bond acceptors (Lipinski definition) is 4. The van der Waals surface area contributed by atoms with E-state index < -0.39 is 10.0 Å². The van der Waals surface area contributed by atoms with Crippen LogP contribution in [0.2, 0.25) is 5.02 Å². The third kappa shape index (κ3) is 5.26. The van der Waals surface area contributed by atoms with Gasteiger partial charge < -0.3 is 4.90 Å². The molecule has 1 atom stereocenters. The average molecular weight is 428 g/mol. The van der Waals surface area contributed by atoms with Crippen molar-refractivity contribution in [3.63, 3.8) is 0 Å². The van der Waals surface area contributed by atoms with Gasteiger partial charge in [0.2, 0.25) is 15.9 Å². The number of rotatable bonds is 7. The van der Waals surface area contributed by atoms with E-state index in [2.05, 4.69) is 18.7 Å². The molecular weight excluding hydrogens is 398 g/mol. The predicted octanol–water partition coefficient (Wildman–Crippen LogP) is 2.43. The Balaban J connectivity index is 1.52. The largest absolute Gasteiger partial charge is 0.341 e. The van der Waals surface area contributed by atoms with E-state index in [-0.39, 0.29) is 17.7 Å². The molecule has 1 unspecified atom stereocenters. The highest BCUT2D eigenvalue weighted by atomic mass is 35.5. The first kappa shape index (κ1) is 21.6. The van der Waals surface area contributed by atoms with Crippen molar-refractivity contribution in [1.82, 2.24) is 14.1 Å². The number of nitrogens with zero attached hydrogens (tertiary/aromatic N) is 3. The lowest BCUT2D eigenvalue weighted by Crippen LogP contribution is -2.53. The minimum absolute atomic E-state index is 0.0183. The van der Waals surface area contributed by atoms with Gasteiger partial charge in [-0.25, -0.2) is 8.42 Å². The minimum Gasteiger partial charge on any atom is -0.341 e. The zero-order chi connectivity index (χ0) is 20.3. The Morgan fingerprint density at radius 1 is 1.07 bits per heavy atom. The third-order valence-corrected chi connectivity index (χ3v) is 7.72. The molecule has 0 spiro atoms. The summed E-state index contributed by atoms with van der Waals surface area (Å²) in [5.74, 6) is 0.773. The monoisotopic (exact) mass is 427 g/mol. The van der Waals surface area contributed by atoms with Crippen LogP contribution in [0.25, 0.3) is 0 Å². The number of amides is 1. The molecule has 0 radical (unpaired) electrons. The number of halogens is 1. The molecule has 0 bridgehead atoms. The van der Waals surface area contributed by atoms with E-state index in [0.717, 1.165) is 31.5 Å². The van der Waals surface area contributed by atoms with Gasteiger partial charge in [0.15, 0.2) is 0 Å². The molecule has 6 nitrogen and oxygen atoms in total. The Morgan fingerprint density at radius 2 is 1.71 bits per heavy atom. The first-order valence-electron chi connectivity index (χ1n) is 10.0. The molecular formula is C20H30ClN3O3S. The molecule has 156 valence electrons. The fourth-order valence-corrected chi connectivity index (χ4v) is 5.52. The van der Waals surface area contributed by atoms with Crippen molar-refractivity contribution in [1.29, 1.82) is 0 Å². The molecule has 2 heterocycles. The molecule has 2 fully saturated rings. The van der Waals surface area contributed by atoms with Crippen molar-refractivity contribution in [2.45, 2.75) is 38.5 Å². The van der Waals surface area contributed by atoms with Gasteiger partial charge in [0, 0.05) is 44.3 Å². The van der Waals surface area contributed by atoms with Crippen LogP contribution in [-0.2, 0) is 20.6 Å². The maximum Gasteiger partial charge on any atom is 0.239 e. The van der Waals surface area contributed by atoms with Gasteiger partial charge in [-0.15, -0.1) is 0 Å². The van der Waals surface area contributed by atoms with Gasteiger partial charge >= 0.3 is 0 Å². The summed E-state index contributed by atoms with van der Waals surface area (Å²) in [6, 6.07) is 6.83. The second kappa shape index (κ2) is 9.11. The van der Waals surface area contributed by atoms with Crippen molar-refractivity contribution in [3.05, 3.63) is 34.9 Å². The van der Waals surface area contributed by atoms with Gasteiger partial charge in [-0.2, -0.15) is 4.31 Å². The van der Waals surface area contributed by atoms with Crippen LogP contribution in [0.3, 0.4) is 0 Å². The summed E-state index contributed by atoms with van der Waals surface area (Å²) in [6.07, 6.45) is 1.86. The van der Waals surface area contributed by atoms with E-state index in [9.17, 15) is 13.2 Å². The Bertz CT molecular complexity index is 774. The maximum atomic E-state index is 12.7. The highest BCUT2D eigenvalue weighted by Gasteiger charge is 2.38. The fourth-order valence-electron chi connectivity index (χ4n) is 3.87. The van der Waals surface area contributed by atoms with Crippen LogP contribution < -0.4 is 0 Å². The van der Waals surface area contributed by atoms with Gasteiger partial charge in [0.25, 0.3) is 0 Å². The summed E-state index contributed by atoms with van der Waals surface area (Å²) in [7, 11) is -3.37. The van der Waals surface area contributed by atoms with Crippen LogP contribution in [0.1, 0.15) is 32.3 Å². The van der Waals surface area contributed by atoms with Gasteiger partial charge in [0.1, 0.15) is 0 Å². The lowest BCUT2D eigenvalue weighted by atomic mass is 10.1. The van der Waals surface area contributed by atoms with Gasteiger partial charge in [0.05, 0.1) is 11.8 Å². The molecule has 0 saturated carbocycles. The second-order valence-electron chi connectivity index (χ2n) is 8.13. The van der Waals surface area contributed by atoms with Crippen LogP contribution in [0.15, 0.2) is 24.3 Å². The number of carbonyl (C=O) groups excluding carboxylic acids is 1. The van der Waals surface area contributed by atoms with E-state index in [4.69, 9.17) is 11.6 Å². The van der Waals surface area contributed by atoms with Gasteiger partial charge in [-0.05, 0) is 36.5 Å². The van der Waals surface area contributed by atoms with Crippen molar-refractivity contribution < 1.29 is 13.2 Å². The van der Waals surface area contributed by atoms with Crippen molar-refractivity contribution in [2.24, 2.45) is 5.92 Å². The van der Waals surface area contributed by atoms with E-state index in [1.807, 2.05) is 4.90 Å². The summed E-state index contributed by atoms with van der Waals surface area (Å²) < 4.78 is 27.0. The van der Waals surface area contributed by atoms with Crippen LogP contribution >= 0.6 is 11.6 Å². The molecule has 1 amide bonds. The van der Waals surface area contributed by atoms with Crippen LogP contribution in [0.4, 0.5) is 0 Å². The second-order valence-corrected chi connectivity index (χ2v) is 10.5. The Morgan fingerprint density at radius 3 is 2.32 bits per heavy atom. The van der Waals surface area contributed by atoms with Crippen molar-refractivity contribution in [3.8, 4) is 0 Å². The summed E-state index contributed by atoms with van der Waals surface area (Å²) >= 11 is 5.87. The zero-order valence-electron chi connectivity index (χ0n) is 16.7. The molecule has 0 aromatic heterocycles. The first-order chi connectivity index (χ1) is 13.3. The zero-order valence-corrected chi connectivity index (χ0v) is 18.3. The summed E-state index contributed by atoms with van der Waals surface area (Å²) in [4.78, 5) is 16.8. The molecule has 2 aliphatic heterocycles. The molecule has 8 heteroatoms. The Kier molecular flexibility index (Phi) is 7.02. The lowest BCUT2D eigenvalue weighted by Gasteiger charge is -2.36. The molecule has 1 aromatic rings. The van der Waals surface area contributed by atoms with E-state index in [1.54, 1.807) is 28.6 Å². The highest BCUT2D eigenvalue weighted by Crippen LogP contribution is 2.22. The number of likely N-dealkylation sites (tertiary alicyclic amines) is 1. The van der Waals surface area contributed by atoms with Crippen LogP contribution in [0.5, 0.6) is 0 Å². The predicted molar refractivity (Wildman–Crippen MR) is 112 cm³/mol. The molecule has 2 saturated heterocycles. The molecule has 0 N–H and O–H groups in total. The number of benzene rings is 1. The molecule has 2 aliphatic rings. The SMILES string of the molecule is CC(C)CCN1CCC(N2CCN(S(=O)(=O)Cc3ccc(Cl)cc3)CC2)C1=O. The minimum atomic E-state index is -3.37. The van der Waals surface area contributed by atoms with Gasteiger partial charge in [-0.3, -0.25) is 9.69 Å². The lowest BCUT2D eigenvalue weighted by molar-refractivity contribution is -0.132. The number of piperazine rings is 1. The molecule has 1 aromatic carbocycles. The first-order valence-corrected chi connectivity index (χ1v) is 12.0. The summed E-state index contributed by atoms with van der Waals surface area (Å²) in [5, 5.41) is 0.596. The smallest absolute Gasteiger partial charge is 0.239 e. The number of carbonyl (C=O) groups is 1. The third-order valence-electron chi connectivity index (χ3n) is 5.62. The van der Waals surface area contributed by atoms with E-state index in [1.165, 1.54) is 0 Å². The standard InChI is InChI=1S/C20H30ClN3O3S/c1-16(2)7-9-23-10-8-19(20(23)25)22-11-13-24(14-12-22)28(26,27)15-17-3-5-18(21)6-4-17/h3-6,16,19H,7-15H2,1-2H3. The highest BCUT2D eigenvalue weighted by molar-refractivity contribution is 7.88. The molecule has 3 rings (SSSR count). The number of sulfonamides is 1. The Labute approximate surface area is 173 Å². The quantitative estimate of drug-likeness (QED) is 0.670. The van der Waals surface area contributed by atoms with E-state index >= 15 is 0 Å². The normalized spacial score (nSPS) is 22.4. The fraction of sp³-hybridized carbons (Fsp3) is 0.650. The topological polar surface area (TPSA) is 60.9 Å². The molecule has 0 aliphatic carbocycles. The van der Waals surface area contributed by atoms with Crippen LogP contribution in [-0.4, -0.2) is 73.7 Å². The average Bonchev–Trinajstić information content (AvgIpc) is 3.02. The van der Waals surface area contributed by atoms with Crippen molar-refractivity contribution in [2.75, 3.05) is 39.3 Å². The summed E-state index contributed by atoms with van der Waals surface area (Å²) in [6.45, 7) is 8.05. The van der Waals surface area contributed by atoms with Gasteiger partial charge in [-0.1, -0.05) is 37.6 Å². The van der Waals surface area contributed by atoms with Crippen molar-refractivity contribution >= 4 is 27.5 Å². The molecule has 28 heavy (non-hydrogen) atoms.